The van der Waals surface area contributed by atoms with E-state index >= 15 is 0 Å². The normalized spacial score (nSPS) is 11.8. The smallest absolute Gasteiger partial charge is 0.406 e. The number of imidazole rings is 1. The van der Waals surface area contributed by atoms with Gasteiger partial charge in [0.05, 0.1) is 6.54 Å². The molecule has 0 saturated carbocycles. The Morgan fingerprint density at radius 1 is 1.03 bits per heavy atom. The second-order valence-electron chi connectivity index (χ2n) is 8.51. The molecule has 0 saturated heterocycles. The van der Waals surface area contributed by atoms with Crippen LogP contribution in [0.4, 0.5) is 17.7 Å². The van der Waals surface area contributed by atoms with E-state index in [0.29, 0.717) is 19.4 Å². The maximum absolute atomic E-state index is 12.2. The predicted molar refractivity (Wildman–Crippen MR) is 134 cm³/mol. The number of halogens is 4. The van der Waals surface area contributed by atoms with Crippen LogP contribution in [0.15, 0.2) is 66.9 Å². The zero-order chi connectivity index (χ0) is 27.5. The van der Waals surface area contributed by atoms with Gasteiger partial charge in [-0.1, -0.05) is 31.2 Å². The summed E-state index contributed by atoms with van der Waals surface area (Å²) in [5.74, 6) is 0.875. The van der Waals surface area contributed by atoms with Gasteiger partial charge in [-0.25, -0.2) is 9.97 Å². The van der Waals surface area contributed by atoms with E-state index in [1.165, 1.54) is 12.1 Å². The van der Waals surface area contributed by atoms with Crippen molar-refractivity contribution in [2.75, 3.05) is 0 Å². The molecule has 1 atom stereocenters. The molecule has 0 spiro atoms. The number of pyridine rings is 1. The van der Waals surface area contributed by atoms with Gasteiger partial charge in [-0.05, 0) is 67.3 Å². The molecule has 2 aromatic heterocycles. The van der Waals surface area contributed by atoms with Gasteiger partial charge in [0.15, 0.2) is 11.4 Å². The lowest BCUT2D eigenvalue weighted by atomic mass is 10.1. The lowest BCUT2D eigenvalue weighted by molar-refractivity contribution is -0.274. The summed E-state index contributed by atoms with van der Waals surface area (Å²) in [5.41, 5.74) is 3.47. The molecule has 0 aliphatic heterocycles. The van der Waals surface area contributed by atoms with Crippen molar-refractivity contribution >= 4 is 17.6 Å². The number of hydrogen-bond donors (Lipinski definition) is 1. The molecular formula is C27H28F4N4O3. The van der Waals surface area contributed by atoms with Crippen molar-refractivity contribution in [3.63, 3.8) is 0 Å². The number of alkyl halides is 3. The van der Waals surface area contributed by atoms with Crippen LogP contribution in [0.25, 0.3) is 11.2 Å². The first-order chi connectivity index (χ1) is 18.2. The second-order valence-corrected chi connectivity index (χ2v) is 8.51. The van der Waals surface area contributed by atoms with E-state index in [1.54, 1.807) is 42.6 Å². The highest BCUT2D eigenvalue weighted by Crippen LogP contribution is 2.24. The first-order valence-corrected chi connectivity index (χ1v) is 11.9. The van der Waals surface area contributed by atoms with E-state index in [9.17, 15) is 22.5 Å². The number of benzene rings is 2. The van der Waals surface area contributed by atoms with Crippen LogP contribution in [0.1, 0.15) is 37.2 Å². The molecule has 0 aliphatic carbocycles. The van der Waals surface area contributed by atoms with Gasteiger partial charge in [-0.3, -0.25) is 9.74 Å². The topological polar surface area (TPSA) is 78.3 Å². The van der Waals surface area contributed by atoms with Gasteiger partial charge in [-0.2, -0.15) is 0 Å². The summed E-state index contributed by atoms with van der Waals surface area (Å²) in [5, 5.41) is 2.64. The first-order valence-electron chi connectivity index (χ1n) is 11.9. The number of rotatable bonds is 10. The summed E-state index contributed by atoms with van der Waals surface area (Å²) in [6.07, 6.45) is 0.166. The van der Waals surface area contributed by atoms with Crippen molar-refractivity contribution in [2.45, 2.75) is 52.1 Å². The zero-order valence-corrected chi connectivity index (χ0v) is 20.9. The molecule has 4 rings (SSSR count). The first kappa shape index (κ1) is 28.4. The average Bonchev–Trinajstić information content (AvgIpc) is 3.22. The number of fused-ring (bicyclic) bond motifs is 1. The van der Waals surface area contributed by atoms with Crippen molar-refractivity contribution in [3.05, 3.63) is 83.8 Å². The Bertz CT molecular complexity index is 1290. The Labute approximate surface area is 217 Å². The minimum atomic E-state index is -4.68. The molecule has 0 fully saturated rings. The third-order valence-corrected chi connectivity index (χ3v) is 5.46. The molecule has 4 aromatic rings. The number of aromatic nitrogens is 3. The fourth-order valence-electron chi connectivity index (χ4n) is 3.77. The van der Waals surface area contributed by atoms with Crippen molar-refractivity contribution in [1.82, 2.24) is 19.9 Å². The monoisotopic (exact) mass is 532 g/mol. The Kier molecular flexibility index (Phi) is 10.0. The largest absolute Gasteiger partial charge is 0.573 e. The maximum Gasteiger partial charge on any atom is 0.573 e. The number of carbonyl (C=O) groups is 1. The van der Waals surface area contributed by atoms with Gasteiger partial charge in [0.25, 0.3) is 0 Å². The van der Waals surface area contributed by atoms with Crippen molar-refractivity contribution in [1.29, 1.82) is 0 Å². The Hall–Kier alpha value is -4.15. The van der Waals surface area contributed by atoms with E-state index in [2.05, 4.69) is 31.9 Å². The minimum Gasteiger partial charge on any atom is -0.406 e. The third kappa shape index (κ3) is 8.46. The fraction of sp³-hybridized carbons (Fsp3) is 0.296. The molecule has 1 N–H and O–H groups in total. The average molecular weight is 533 g/mol. The number of amides is 1. The minimum absolute atomic E-state index is 0.0737. The standard InChI is InChI=1S/C17H16F3N3O.C10H12FNO2/c1-2-4-15-22-14-5-3-10-21-16(14)23(15)11-12-6-8-13(9-7-12)24-17(18,19)20;1-8(12-7-13)6-9-2-4-10(14-11)5-3-9/h3,5-10H,2,4,11H2,1H3;2-5,7-8H,6H2,1H3,(H,12,13)/t;8-/m.1/s1. The van der Waals surface area contributed by atoms with Crippen LogP contribution in [0.3, 0.4) is 0 Å². The fourth-order valence-corrected chi connectivity index (χ4v) is 3.77. The van der Waals surface area contributed by atoms with Crippen LogP contribution in [-0.2, 0) is 24.2 Å². The molecule has 2 aromatic carbocycles. The van der Waals surface area contributed by atoms with Gasteiger partial charge in [-0.15, -0.1) is 13.2 Å². The molecule has 1 amide bonds. The van der Waals surface area contributed by atoms with Gasteiger partial charge < -0.3 is 14.6 Å². The Morgan fingerprint density at radius 3 is 2.29 bits per heavy atom. The summed E-state index contributed by atoms with van der Waals surface area (Å²) >= 11 is 0. The highest BCUT2D eigenvalue weighted by molar-refractivity contribution is 5.71. The molecule has 0 bridgehead atoms. The molecule has 7 nitrogen and oxygen atoms in total. The summed E-state index contributed by atoms with van der Waals surface area (Å²) in [6, 6.07) is 16.3. The van der Waals surface area contributed by atoms with Crippen molar-refractivity contribution in [2.24, 2.45) is 0 Å². The molecule has 0 unspecified atom stereocenters. The van der Waals surface area contributed by atoms with Crippen LogP contribution < -0.4 is 15.0 Å². The number of ether oxygens (including phenoxy) is 1. The van der Waals surface area contributed by atoms with Crippen LogP contribution in [0.5, 0.6) is 11.5 Å². The lowest BCUT2D eigenvalue weighted by Crippen LogP contribution is -2.26. The number of nitrogens with zero attached hydrogens (tertiary/aromatic N) is 3. The van der Waals surface area contributed by atoms with E-state index in [-0.39, 0.29) is 17.5 Å². The summed E-state index contributed by atoms with van der Waals surface area (Å²) in [6.45, 7) is 4.46. The molecule has 38 heavy (non-hydrogen) atoms. The predicted octanol–water partition coefficient (Wildman–Crippen LogP) is 5.96. The van der Waals surface area contributed by atoms with Crippen LogP contribution in [0, 0.1) is 0 Å². The molecule has 202 valence electrons. The van der Waals surface area contributed by atoms with Gasteiger partial charge in [0.1, 0.15) is 17.1 Å². The molecule has 2 heterocycles. The Morgan fingerprint density at radius 2 is 1.68 bits per heavy atom. The van der Waals surface area contributed by atoms with Gasteiger partial charge >= 0.3 is 6.36 Å². The van der Waals surface area contributed by atoms with Crippen LogP contribution in [0.2, 0.25) is 0 Å². The SMILES string of the molecule is CCCc1nc2cccnc2n1Cc1ccc(OC(F)(F)F)cc1.C[C@H](Cc1ccc(OF)cc1)NC=O. The van der Waals surface area contributed by atoms with Gasteiger partial charge in [0.2, 0.25) is 6.41 Å². The molecule has 0 radical (unpaired) electrons. The van der Waals surface area contributed by atoms with Crippen LogP contribution >= 0.6 is 0 Å². The Balaban J connectivity index is 0.000000244. The summed E-state index contributed by atoms with van der Waals surface area (Å²) in [7, 11) is 0. The number of nitrogens with one attached hydrogen (secondary N) is 1. The quantitative estimate of drug-likeness (QED) is 0.202. The van der Waals surface area contributed by atoms with E-state index in [4.69, 9.17) is 0 Å². The number of aryl methyl sites for hydroxylation is 1. The number of carbonyl (C=O) groups excluding carboxylic acids is 1. The van der Waals surface area contributed by atoms with E-state index < -0.39 is 6.36 Å². The number of hydrogen-bond acceptors (Lipinski definition) is 5. The zero-order valence-electron chi connectivity index (χ0n) is 20.9. The highest BCUT2D eigenvalue weighted by Gasteiger charge is 2.31. The summed E-state index contributed by atoms with van der Waals surface area (Å²) in [4.78, 5) is 22.6. The third-order valence-electron chi connectivity index (χ3n) is 5.46. The van der Waals surface area contributed by atoms with Crippen molar-refractivity contribution < 1.29 is 32.2 Å². The maximum atomic E-state index is 12.2. The second kappa shape index (κ2) is 13.4. The van der Waals surface area contributed by atoms with Gasteiger partial charge in [0, 0.05) is 23.2 Å². The summed E-state index contributed by atoms with van der Waals surface area (Å²) < 4.78 is 54.2. The van der Waals surface area contributed by atoms with Crippen molar-refractivity contribution in [3.8, 4) is 11.5 Å². The molecule has 11 heteroatoms. The van der Waals surface area contributed by atoms with E-state index in [0.717, 1.165) is 41.0 Å². The van der Waals surface area contributed by atoms with Crippen LogP contribution in [-0.4, -0.2) is 33.3 Å². The molecular weight excluding hydrogens is 504 g/mol. The molecule has 0 aliphatic rings. The van der Waals surface area contributed by atoms with E-state index in [1.807, 2.05) is 23.6 Å². The highest BCUT2D eigenvalue weighted by atomic mass is 19.4. The lowest BCUT2D eigenvalue weighted by Gasteiger charge is -2.11.